The first kappa shape index (κ1) is 11.1. The molecule has 2 nitrogen and oxygen atoms in total. The van der Waals surface area contributed by atoms with E-state index in [0.717, 1.165) is 6.54 Å². The van der Waals surface area contributed by atoms with Crippen LogP contribution in [-0.2, 0) is 4.43 Å². The maximum Gasteiger partial charge on any atom is 0.252 e. The van der Waals surface area contributed by atoms with Crippen molar-refractivity contribution in [3.05, 3.63) is 0 Å². The molecule has 68 valence electrons. The molecule has 0 aromatic carbocycles. The molecule has 0 aromatic heterocycles. The van der Waals surface area contributed by atoms with Gasteiger partial charge in [-0.15, -0.1) is 0 Å². The van der Waals surface area contributed by atoms with E-state index in [-0.39, 0.29) is 0 Å². The summed E-state index contributed by atoms with van der Waals surface area (Å²) >= 11 is 0. The highest BCUT2D eigenvalue weighted by atomic mass is 28.3. The summed E-state index contributed by atoms with van der Waals surface area (Å²) in [5.74, 6) is 0. The second kappa shape index (κ2) is 4.90. The maximum atomic E-state index is 5.39. The summed E-state index contributed by atoms with van der Waals surface area (Å²) in [6, 6.07) is 1.19. The number of nitrogens with one attached hydrogen (secondary N) is 1. The van der Waals surface area contributed by atoms with E-state index in [0.29, 0.717) is 5.41 Å². The standard InChI is InChI=1S/C8H21NOSi/c1-6-9-11(10-5)7-8(2,3)4/h9,11H,6-7H2,1-5H3. The summed E-state index contributed by atoms with van der Waals surface area (Å²) in [6.07, 6.45) is 0. The average Bonchev–Trinajstić information content (AvgIpc) is 1.84. The Hall–Kier alpha value is 0.137. The van der Waals surface area contributed by atoms with E-state index in [1.165, 1.54) is 6.04 Å². The van der Waals surface area contributed by atoms with Gasteiger partial charge in [0.15, 0.2) is 0 Å². The number of hydrogen-bond acceptors (Lipinski definition) is 2. The lowest BCUT2D eigenvalue weighted by molar-refractivity contribution is 0.370. The van der Waals surface area contributed by atoms with E-state index in [1.807, 2.05) is 7.11 Å². The van der Waals surface area contributed by atoms with Gasteiger partial charge in [-0.05, 0) is 18.0 Å². The van der Waals surface area contributed by atoms with Crippen LogP contribution in [0.1, 0.15) is 27.7 Å². The summed E-state index contributed by atoms with van der Waals surface area (Å²) in [5.41, 5.74) is 0.398. The van der Waals surface area contributed by atoms with Gasteiger partial charge in [0.25, 0.3) is 9.20 Å². The maximum absolute atomic E-state index is 5.39. The van der Waals surface area contributed by atoms with Gasteiger partial charge in [0.05, 0.1) is 0 Å². The Morgan fingerprint density at radius 3 is 2.18 bits per heavy atom. The Kier molecular flexibility index (Phi) is 4.96. The first-order chi connectivity index (χ1) is 4.99. The highest BCUT2D eigenvalue weighted by Gasteiger charge is 2.19. The van der Waals surface area contributed by atoms with E-state index in [4.69, 9.17) is 4.43 Å². The molecular formula is C8H21NOSi. The van der Waals surface area contributed by atoms with Crippen LogP contribution in [0.2, 0.25) is 6.04 Å². The van der Waals surface area contributed by atoms with Crippen molar-refractivity contribution in [3.8, 4) is 0 Å². The molecule has 1 unspecified atom stereocenters. The van der Waals surface area contributed by atoms with Gasteiger partial charge in [-0.3, -0.25) is 0 Å². The molecule has 0 bridgehead atoms. The molecule has 0 saturated heterocycles. The molecule has 0 heterocycles. The van der Waals surface area contributed by atoms with Crippen LogP contribution in [-0.4, -0.2) is 22.9 Å². The van der Waals surface area contributed by atoms with Crippen LogP contribution >= 0.6 is 0 Å². The predicted octanol–water partition coefficient (Wildman–Crippen LogP) is 1.51. The molecule has 0 amide bonds. The van der Waals surface area contributed by atoms with Crippen LogP contribution in [0, 0.1) is 5.41 Å². The molecule has 3 heteroatoms. The summed E-state index contributed by atoms with van der Waals surface area (Å²) in [6.45, 7) is 9.92. The molecule has 1 atom stereocenters. The largest absolute Gasteiger partial charge is 0.409 e. The lowest BCUT2D eigenvalue weighted by Gasteiger charge is -2.23. The van der Waals surface area contributed by atoms with E-state index < -0.39 is 9.20 Å². The highest BCUT2D eigenvalue weighted by molar-refractivity contribution is 6.49. The molecule has 0 spiro atoms. The predicted molar refractivity (Wildman–Crippen MR) is 52.1 cm³/mol. The third-order valence-corrected chi connectivity index (χ3v) is 4.54. The zero-order valence-corrected chi connectivity index (χ0v) is 9.55. The van der Waals surface area contributed by atoms with Gasteiger partial charge in [-0.2, -0.15) is 0 Å². The van der Waals surface area contributed by atoms with Crippen LogP contribution in [0.5, 0.6) is 0 Å². The Balaban J connectivity index is 3.68. The average molecular weight is 175 g/mol. The fourth-order valence-electron chi connectivity index (χ4n) is 1.02. The van der Waals surface area contributed by atoms with Crippen molar-refractivity contribution in [2.24, 2.45) is 5.41 Å². The minimum absolute atomic E-state index is 0.398. The Labute approximate surface area is 72.1 Å². The molecule has 0 fully saturated rings. The van der Waals surface area contributed by atoms with Gasteiger partial charge in [0.2, 0.25) is 0 Å². The van der Waals surface area contributed by atoms with Crippen molar-refractivity contribution in [1.82, 2.24) is 4.98 Å². The van der Waals surface area contributed by atoms with Crippen molar-refractivity contribution in [2.75, 3.05) is 13.7 Å². The smallest absolute Gasteiger partial charge is 0.252 e. The Morgan fingerprint density at radius 1 is 1.36 bits per heavy atom. The van der Waals surface area contributed by atoms with Gasteiger partial charge in [-0.1, -0.05) is 27.7 Å². The summed E-state index contributed by atoms with van der Waals surface area (Å²) in [5, 5.41) is 0. The molecule has 0 aliphatic carbocycles. The van der Waals surface area contributed by atoms with Gasteiger partial charge in [-0.25, -0.2) is 0 Å². The summed E-state index contributed by atoms with van der Waals surface area (Å²) < 4.78 is 5.39. The van der Waals surface area contributed by atoms with Crippen LogP contribution in [0.3, 0.4) is 0 Å². The van der Waals surface area contributed by atoms with E-state index >= 15 is 0 Å². The molecule has 0 aromatic rings. The zero-order valence-electron chi connectivity index (χ0n) is 8.40. The van der Waals surface area contributed by atoms with E-state index in [1.54, 1.807) is 0 Å². The van der Waals surface area contributed by atoms with Crippen molar-refractivity contribution >= 4 is 9.20 Å². The number of hydrogen-bond donors (Lipinski definition) is 1. The highest BCUT2D eigenvalue weighted by Crippen LogP contribution is 2.20. The van der Waals surface area contributed by atoms with Crippen molar-refractivity contribution in [1.29, 1.82) is 0 Å². The number of rotatable bonds is 4. The third kappa shape index (κ3) is 6.53. The van der Waals surface area contributed by atoms with Gasteiger partial charge < -0.3 is 9.41 Å². The molecule has 1 N–H and O–H groups in total. The third-order valence-electron chi connectivity index (χ3n) is 1.51. The zero-order chi connectivity index (χ0) is 8.91. The second-order valence-electron chi connectivity index (χ2n) is 4.05. The quantitative estimate of drug-likeness (QED) is 0.654. The fourth-order valence-corrected chi connectivity index (χ4v) is 3.07. The van der Waals surface area contributed by atoms with E-state index in [9.17, 15) is 0 Å². The molecule has 0 rings (SSSR count). The minimum atomic E-state index is -1.09. The van der Waals surface area contributed by atoms with Crippen LogP contribution < -0.4 is 4.98 Å². The fraction of sp³-hybridized carbons (Fsp3) is 1.00. The van der Waals surface area contributed by atoms with Crippen molar-refractivity contribution < 1.29 is 4.43 Å². The SMILES string of the molecule is CCN[SiH](CC(C)(C)C)OC. The molecule has 0 saturated carbocycles. The van der Waals surface area contributed by atoms with Gasteiger partial charge in [0.1, 0.15) is 0 Å². The monoisotopic (exact) mass is 175 g/mol. The Morgan fingerprint density at radius 2 is 1.91 bits per heavy atom. The molecule has 11 heavy (non-hydrogen) atoms. The Bertz CT molecular complexity index is 101. The summed E-state index contributed by atoms with van der Waals surface area (Å²) in [4.78, 5) is 3.41. The molecule has 0 aliphatic heterocycles. The lowest BCUT2D eigenvalue weighted by Crippen LogP contribution is -2.38. The first-order valence-electron chi connectivity index (χ1n) is 4.26. The molecule has 0 aliphatic rings. The molecule has 0 radical (unpaired) electrons. The van der Waals surface area contributed by atoms with Crippen LogP contribution in [0.15, 0.2) is 0 Å². The first-order valence-corrected chi connectivity index (χ1v) is 6.12. The van der Waals surface area contributed by atoms with Gasteiger partial charge in [0, 0.05) is 7.11 Å². The summed E-state index contributed by atoms with van der Waals surface area (Å²) in [7, 11) is 0.723. The van der Waals surface area contributed by atoms with Gasteiger partial charge >= 0.3 is 0 Å². The van der Waals surface area contributed by atoms with Crippen molar-refractivity contribution in [2.45, 2.75) is 33.7 Å². The minimum Gasteiger partial charge on any atom is -0.409 e. The lowest BCUT2D eigenvalue weighted by atomic mass is 10.0. The van der Waals surface area contributed by atoms with E-state index in [2.05, 4.69) is 32.7 Å². The van der Waals surface area contributed by atoms with Crippen molar-refractivity contribution in [3.63, 3.8) is 0 Å². The van der Waals surface area contributed by atoms with Crippen LogP contribution in [0.25, 0.3) is 0 Å². The normalized spacial score (nSPS) is 15.0. The topological polar surface area (TPSA) is 21.3 Å². The second-order valence-corrected chi connectivity index (χ2v) is 6.31. The molecular weight excluding hydrogens is 154 g/mol. The van der Waals surface area contributed by atoms with Crippen LogP contribution in [0.4, 0.5) is 0 Å².